The SMILES string of the molecule is CC(C)/C1=N/CCC/C=C\N1C(C)(C)C. The second-order valence-corrected chi connectivity index (χ2v) is 5.46. The molecule has 0 unspecified atom stereocenters. The van der Waals surface area contributed by atoms with Crippen LogP contribution in [0.3, 0.4) is 0 Å². The number of nitrogens with zero attached hydrogens (tertiary/aromatic N) is 2. The lowest BCUT2D eigenvalue weighted by atomic mass is 10.0. The van der Waals surface area contributed by atoms with Crippen LogP contribution in [0.2, 0.25) is 0 Å². The van der Waals surface area contributed by atoms with E-state index in [0.29, 0.717) is 5.92 Å². The highest BCUT2D eigenvalue weighted by Crippen LogP contribution is 2.20. The average Bonchev–Trinajstić information content (AvgIpc) is 1.99. The molecular weight excluding hydrogens is 184 g/mol. The Kier molecular flexibility index (Phi) is 3.95. The van der Waals surface area contributed by atoms with Gasteiger partial charge in [-0.1, -0.05) is 19.9 Å². The number of rotatable bonds is 1. The van der Waals surface area contributed by atoms with E-state index in [9.17, 15) is 0 Å². The molecule has 0 radical (unpaired) electrons. The van der Waals surface area contributed by atoms with E-state index in [4.69, 9.17) is 4.99 Å². The smallest absolute Gasteiger partial charge is 0.106 e. The van der Waals surface area contributed by atoms with Crippen molar-refractivity contribution in [1.29, 1.82) is 0 Å². The first kappa shape index (κ1) is 12.3. The Morgan fingerprint density at radius 1 is 1.33 bits per heavy atom. The van der Waals surface area contributed by atoms with Gasteiger partial charge in [-0.15, -0.1) is 0 Å². The molecule has 0 atom stereocenters. The minimum atomic E-state index is 0.122. The summed E-state index contributed by atoms with van der Waals surface area (Å²) in [6, 6.07) is 0. The second-order valence-electron chi connectivity index (χ2n) is 5.46. The van der Waals surface area contributed by atoms with Crippen molar-refractivity contribution in [2.75, 3.05) is 6.54 Å². The molecule has 2 nitrogen and oxygen atoms in total. The molecule has 1 aliphatic heterocycles. The molecule has 1 rings (SSSR count). The lowest BCUT2D eigenvalue weighted by Crippen LogP contribution is -2.44. The lowest BCUT2D eigenvalue weighted by molar-refractivity contribution is 0.298. The molecular formula is C13H24N2. The maximum Gasteiger partial charge on any atom is 0.106 e. The monoisotopic (exact) mass is 208 g/mol. The maximum atomic E-state index is 4.72. The molecule has 0 aromatic heterocycles. The van der Waals surface area contributed by atoms with Crippen LogP contribution in [0.4, 0.5) is 0 Å². The van der Waals surface area contributed by atoms with Crippen molar-refractivity contribution in [2.45, 2.75) is 53.0 Å². The zero-order valence-electron chi connectivity index (χ0n) is 10.7. The lowest BCUT2D eigenvalue weighted by Gasteiger charge is -2.37. The van der Waals surface area contributed by atoms with Crippen molar-refractivity contribution in [1.82, 2.24) is 4.90 Å². The van der Waals surface area contributed by atoms with Gasteiger partial charge in [0.15, 0.2) is 0 Å². The van der Waals surface area contributed by atoms with E-state index in [1.165, 1.54) is 12.3 Å². The van der Waals surface area contributed by atoms with Crippen molar-refractivity contribution in [2.24, 2.45) is 10.9 Å². The fourth-order valence-corrected chi connectivity index (χ4v) is 1.76. The summed E-state index contributed by atoms with van der Waals surface area (Å²) in [5.41, 5.74) is 0.122. The second kappa shape index (κ2) is 4.82. The third-order valence-corrected chi connectivity index (χ3v) is 2.54. The fourth-order valence-electron chi connectivity index (χ4n) is 1.76. The van der Waals surface area contributed by atoms with Crippen LogP contribution in [0.1, 0.15) is 47.5 Å². The molecule has 2 heteroatoms. The van der Waals surface area contributed by atoms with E-state index < -0.39 is 0 Å². The largest absolute Gasteiger partial charge is 0.332 e. The van der Waals surface area contributed by atoms with Gasteiger partial charge >= 0.3 is 0 Å². The Morgan fingerprint density at radius 2 is 2.00 bits per heavy atom. The van der Waals surface area contributed by atoms with Gasteiger partial charge in [0.2, 0.25) is 0 Å². The van der Waals surface area contributed by atoms with Crippen molar-refractivity contribution < 1.29 is 0 Å². The molecule has 0 fully saturated rings. The summed E-state index contributed by atoms with van der Waals surface area (Å²) >= 11 is 0. The van der Waals surface area contributed by atoms with Gasteiger partial charge in [-0.3, -0.25) is 4.99 Å². The minimum Gasteiger partial charge on any atom is -0.332 e. The van der Waals surface area contributed by atoms with Gasteiger partial charge in [0.05, 0.1) is 0 Å². The number of hydrogen-bond donors (Lipinski definition) is 0. The van der Waals surface area contributed by atoms with Crippen molar-refractivity contribution >= 4 is 5.84 Å². The molecule has 0 saturated carbocycles. The predicted octanol–water partition coefficient (Wildman–Crippen LogP) is 3.45. The van der Waals surface area contributed by atoms with Gasteiger partial charge in [0, 0.05) is 24.2 Å². The molecule has 1 aliphatic rings. The minimum absolute atomic E-state index is 0.122. The highest BCUT2D eigenvalue weighted by molar-refractivity contribution is 5.85. The van der Waals surface area contributed by atoms with Crippen molar-refractivity contribution in [3.8, 4) is 0 Å². The average molecular weight is 208 g/mol. The Labute approximate surface area is 94.1 Å². The Balaban J connectivity index is 2.98. The number of aliphatic imine (C=N–C) groups is 1. The highest BCUT2D eigenvalue weighted by atomic mass is 15.2. The molecule has 0 bridgehead atoms. The zero-order chi connectivity index (χ0) is 11.5. The standard InChI is InChI=1S/C13H24N2/c1-11(2)12-14-9-7-6-8-10-15(12)13(3,4)5/h8,10-11H,6-7,9H2,1-5H3/b10-8-,14-12-. The molecule has 0 aliphatic carbocycles. The van der Waals surface area contributed by atoms with Gasteiger partial charge in [-0.05, 0) is 33.6 Å². The molecule has 0 spiro atoms. The van der Waals surface area contributed by atoms with Gasteiger partial charge < -0.3 is 4.90 Å². The maximum absolute atomic E-state index is 4.72. The Hall–Kier alpha value is -0.790. The molecule has 1 heterocycles. The first-order chi connectivity index (χ1) is 6.93. The van der Waals surface area contributed by atoms with Gasteiger partial charge in [-0.2, -0.15) is 0 Å². The van der Waals surface area contributed by atoms with Crippen LogP contribution in [0.5, 0.6) is 0 Å². The summed E-state index contributed by atoms with van der Waals surface area (Å²) in [6.45, 7) is 12.1. The predicted molar refractivity (Wildman–Crippen MR) is 67.1 cm³/mol. The van der Waals surface area contributed by atoms with Crippen LogP contribution in [-0.4, -0.2) is 22.8 Å². The van der Waals surface area contributed by atoms with Crippen LogP contribution in [0.25, 0.3) is 0 Å². The fraction of sp³-hybridized carbons (Fsp3) is 0.769. The third kappa shape index (κ3) is 3.37. The molecule has 15 heavy (non-hydrogen) atoms. The molecule has 86 valence electrons. The van der Waals surface area contributed by atoms with E-state index in [0.717, 1.165) is 13.0 Å². The van der Waals surface area contributed by atoms with E-state index in [-0.39, 0.29) is 5.54 Å². The normalized spacial score (nSPS) is 24.4. The van der Waals surface area contributed by atoms with E-state index >= 15 is 0 Å². The van der Waals surface area contributed by atoms with E-state index in [1.807, 2.05) is 0 Å². The van der Waals surface area contributed by atoms with Crippen LogP contribution >= 0.6 is 0 Å². The van der Waals surface area contributed by atoms with E-state index in [2.05, 4.69) is 51.8 Å². The first-order valence-electron chi connectivity index (χ1n) is 5.93. The van der Waals surface area contributed by atoms with E-state index in [1.54, 1.807) is 0 Å². The number of hydrogen-bond acceptors (Lipinski definition) is 2. The molecule has 0 N–H and O–H groups in total. The third-order valence-electron chi connectivity index (χ3n) is 2.54. The number of amidine groups is 1. The summed E-state index contributed by atoms with van der Waals surface area (Å²) in [5.74, 6) is 1.71. The zero-order valence-corrected chi connectivity index (χ0v) is 10.7. The van der Waals surface area contributed by atoms with Gasteiger partial charge in [0.25, 0.3) is 0 Å². The summed E-state index contributed by atoms with van der Waals surface area (Å²) in [6.07, 6.45) is 6.78. The molecule has 0 saturated heterocycles. The van der Waals surface area contributed by atoms with Crippen LogP contribution in [0.15, 0.2) is 17.3 Å². The summed E-state index contributed by atoms with van der Waals surface area (Å²) in [7, 11) is 0. The molecule has 0 amide bonds. The summed E-state index contributed by atoms with van der Waals surface area (Å²) in [5, 5.41) is 0. The first-order valence-corrected chi connectivity index (χ1v) is 5.93. The molecule has 0 aromatic carbocycles. The van der Waals surface area contributed by atoms with Gasteiger partial charge in [-0.25, -0.2) is 0 Å². The van der Waals surface area contributed by atoms with Gasteiger partial charge in [0.1, 0.15) is 5.84 Å². The quantitative estimate of drug-likeness (QED) is 0.644. The summed E-state index contributed by atoms with van der Waals surface area (Å²) in [4.78, 5) is 7.04. The molecule has 0 aromatic rings. The van der Waals surface area contributed by atoms with Crippen molar-refractivity contribution in [3.63, 3.8) is 0 Å². The highest BCUT2D eigenvalue weighted by Gasteiger charge is 2.24. The van der Waals surface area contributed by atoms with Crippen LogP contribution in [-0.2, 0) is 0 Å². The number of allylic oxidation sites excluding steroid dienone is 1. The van der Waals surface area contributed by atoms with Crippen LogP contribution < -0.4 is 0 Å². The topological polar surface area (TPSA) is 15.6 Å². The van der Waals surface area contributed by atoms with Crippen molar-refractivity contribution in [3.05, 3.63) is 12.3 Å². The Bertz CT molecular complexity index is 256. The Morgan fingerprint density at radius 3 is 2.53 bits per heavy atom. The summed E-state index contributed by atoms with van der Waals surface area (Å²) < 4.78 is 0. The van der Waals surface area contributed by atoms with Crippen LogP contribution in [0, 0.1) is 5.92 Å².